The van der Waals surface area contributed by atoms with Crippen molar-refractivity contribution in [1.82, 2.24) is 19.4 Å². The van der Waals surface area contributed by atoms with Crippen LogP contribution in [0.5, 0.6) is 5.75 Å². The highest BCUT2D eigenvalue weighted by molar-refractivity contribution is 6.36. The Hall–Kier alpha value is -3.17. The van der Waals surface area contributed by atoms with E-state index in [-0.39, 0.29) is 21.5 Å². The number of hydrogen-bond donors (Lipinski definition) is 1. The molecule has 1 fully saturated rings. The van der Waals surface area contributed by atoms with Crippen molar-refractivity contribution in [1.29, 1.82) is 0 Å². The molecule has 1 aliphatic rings. The maximum atomic E-state index is 14.8. The van der Waals surface area contributed by atoms with E-state index in [4.69, 9.17) is 23.2 Å². The topological polar surface area (TPSA) is 91.6 Å². The fraction of sp³-hybridized carbons (Fsp3) is 0.238. The van der Waals surface area contributed by atoms with Crippen LogP contribution in [0.1, 0.15) is 5.69 Å². The van der Waals surface area contributed by atoms with Crippen molar-refractivity contribution in [3.63, 3.8) is 0 Å². The second kappa shape index (κ2) is 8.40. The van der Waals surface area contributed by atoms with Crippen molar-refractivity contribution in [3.05, 3.63) is 63.0 Å². The van der Waals surface area contributed by atoms with Gasteiger partial charge in [0.1, 0.15) is 23.3 Å². The number of fused-ring (bicyclic) bond motifs is 1. The molecule has 1 aliphatic heterocycles. The van der Waals surface area contributed by atoms with Crippen LogP contribution in [0, 0.1) is 12.7 Å². The number of hydrogen-bond acceptors (Lipinski definition) is 6. The lowest BCUT2D eigenvalue weighted by molar-refractivity contribution is -0.126. The number of rotatable bonds is 3. The Bertz CT molecular complexity index is 1290. The normalized spacial score (nSPS) is 14.1. The van der Waals surface area contributed by atoms with Crippen LogP contribution in [0.25, 0.3) is 16.6 Å². The van der Waals surface area contributed by atoms with Gasteiger partial charge in [0.2, 0.25) is 5.91 Å². The molecular weight excluding hydrogens is 460 g/mol. The Morgan fingerprint density at radius 3 is 2.53 bits per heavy atom. The van der Waals surface area contributed by atoms with Crippen molar-refractivity contribution in [2.24, 2.45) is 0 Å². The van der Waals surface area contributed by atoms with Gasteiger partial charge in [-0.25, -0.2) is 14.4 Å². The summed E-state index contributed by atoms with van der Waals surface area (Å²) in [5.74, 6) is -1.19. The van der Waals surface area contributed by atoms with E-state index in [1.165, 1.54) is 12.4 Å². The number of piperazine rings is 1. The van der Waals surface area contributed by atoms with Crippen LogP contribution in [0.2, 0.25) is 10.0 Å². The SMILES string of the molecule is C=CC(=O)N1CCN(c2ncnc3c(=O)n(-c4c(O)c(Cl)cc(Cl)c4F)c(C)cc23)CC1. The fourth-order valence-electron chi connectivity index (χ4n) is 3.80. The van der Waals surface area contributed by atoms with Gasteiger partial charge in [0.25, 0.3) is 5.56 Å². The van der Waals surface area contributed by atoms with E-state index in [2.05, 4.69) is 16.5 Å². The Balaban J connectivity index is 1.84. The van der Waals surface area contributed by atoms with Gasteiger partial charge in [0.05, 0.1) is 15.4 Å². The quantitative estimate of drug-likeness (QED) is 0.460. The van der Waals surface area contributed by atoms with E-state index in [1.807, 2.05) is 4.90 Å². The molecule has 1 aromatic carbocycles. The maximum Gasteiger partial charge on any atom is 0.282 e. The standard InChI is InChI=1S/C21H18Cl2FN5O3/c1-3-15(30)27-4-6-28(7-5-27)20-12-8-11(2)29(21(32)17(12)25-10-26-20)18-16(24)13(22)9-14(23)19(18)31/h3,8-10,31H,1,4-7H2,2H3. The summed E-state index contributed by atoms with van der Waals surface area (Å²) in [7, 11) is 0. The third-order valence-electron chi connectivity index (χ3n) is 5.39. The van der Waals surface area contributed by atoms with Gasteiger partial charge in [0.15, 0.2) is 11.6 Å². The summed E-state index contributed by atoms with van der Waals surface area (Å²) in [5.41, 5.74) is -0.730. The number of aromatic hydroxyl groups is 1. The zero-order valence-electron chi connectivity index (χ0n) is 17.0. The van der Waals surface area contributed by atoms with E-state index in [1.54, 1.807) is 17.9 Å². The molecule has 4 rings (SSSR count). The average Bonchev–Trinajstić information content (AvgIpc) is 2.79. The number of carbonyl (C=O) groups excluding carboxylic acids is 1. The monoisotopic (exact) mass is 477 g/mol. The van der Waals surface area contributed by atoms with Crippen LogP contribution < -0.4 is 10.5 Å². The number of benzene rings is 1. The largest absolute Gasteiger partial charge is 0.504 e. The predicted octanol–water partition coefficient (Wildman–Crippen LogP) is 3.08. The second-order valence-corrected chi connectivity index (χ2v) is 8.07. The van der Waals surface area contributed by atoms with Gasteiger partial charge in [-0.05, 0) is 25.1 Å². The lowest BCUT2D eigenvalue weighted by Gasteiger charge is -2.35. The number of carbonyl (C=O) groups is 1. The average molecular weight is 478 g/mol. The molecule has 0 unspecified atom stereocenters. The number of aryl methyl sites for hydroxylation is 1. The summed E-state index contributed by atoms with van der Waals surface area (Å²) in [5, 5.41) is 10.3. The van der Waals surface area contributed by atoms with E-state index in [0.29, 0.717) is 43.1 Å². The first-order chi connectivity index (χ1) is 15.2. The highest BCUT2D eigenvalue weighted by Gasteiger charge is 2.25. The Morgan fingerprint density at radius 1 is 1.19 bits per heavy atom. The van der Waals surface area contributed by atoms with Crippen molar-refractivity contribution in [2.75, 3.05) is 31.1 Å². The van der Waals surface area contributed by atoms with Crippen LogP contribution in [0.15, 0.2) is 35.9 Å². The van der Waals surface area contributed by atoms with Gasteiger partial charge in [-0.2, -0.15) is 0 Å². The van der Waals surface area contributed by atoms with Crippen LogP contribution in [0.4, 0.5) is 10.2 Å². The van der Waals surface area contributed by atoms with Crippen molar-refractivity contribution >= 4 is 45.8 Å². The third kappa shape index (κ3) is 3.57. The van der Waals surface area contributed by atoms with E-state index >= 15 is 0 Å². The van der Waals surface area contributed by atoms with E-state index in [0.717, 1.165) is 10.6 Å². The number of anilines is 1. The molecule has 0 radical (unpaired) electrons. The molecule has 0 spiro atoms. The summed E-state index contributed by atoms with van der Waals surface area (Å²) in [6.07, 6.45) is 2.53. The lowest BCUT2D eigenvalue weighted by Crippen LogP contribution is -2.48. The van der Waals surface area contributed by atoms with Crippen LogP contribution >= 0.6 is 23.2 Å². The number of amides is 1. The molecular formula is C21H18Cl2FN5O3. The van der Waals surface area contributed by atoms with Crippen LogP contribution in [-0.2, 0) is 4.79 Å². The smallest absolute Gasteiger partial charge is 0.282 e. The summed E-state index contributed by atoms with van der Waals surface area (Å²) < 4.78 is 15.8. The van der Waals surface area contributed by atoms with Gasteiger partial charge in [-0.15, -0.1) is 0 Å². The Morgan fingerprint density at radius 2 is 1.88 bits per heavy atom. The van der Waals surface area contributed by atoms with Gasteiger partial charge in [0, 0.05) is 31.9 Å². The van der Waals surface area contributed by atoms with E-state index < -0.39 is 22.8 Å². The number of phenolic OH excluding ortho intramolecular Hbond substituents is 1. The maximum absolute atomic E-state index is 14.8. The molecule has 8 nitrogen and oxygen atoms in total. The predicted molar refractivity (Wildman–Crippen MR) is 121 cm³/mol. The van der Waals surface area contributed by atoms with Crippen LogP contribution in [-0.4, -0.2) is 56.6 Å². The summed E-state index contributed by atoms with van der Waals surface area (Å²) in [4.78, 5) is 37.2. The highest BCUT2D eigenvalue weighted by atomic mass is 35.5. The molecule has 166 valence electrons. The van der Waals surface area contributed by atoms with Crippen molar-refractivity contribution in [3.8, 4) is 11.4 Å². The number of nitrogens with zero attached hydrogens (tertiary/aromatic N) is 5. The minimum atomic E-state index is -0.976. The molecule has 0 aliphatic carbocycles. The first-order valence-corrected chi connectivity index (χ1v) is 10.4. The first-order valence-electron chi connectivity index (χ1n) is 9.65. The molecule has 11 heteroatoms. The van der Waals surface area contributed by atoms with Gasteiger partial charge in [-0.1, -0.05) is 29.8 Å². The number of halogens is 3. The van der Waals surface area contributed by atoms with Crippen molar-refractivity contribution in [2.45, 2.75) is 6.92 Å². The molecule has 2 aromatic heterocycles. The molecule has 0 atom stereocenters. The zero-order valence-corrected chi connectivity index (χ0v) is 18.5. The molecule has 3 heterocycles. The number of pyridine rings is 1. The highest BCUT2D eigenvalue weighted by Crippen LogP contribution is 2.37. The molecule has 1 N–H and O–H groups in total. The minimum absolute atomic E-state index is 0.0418. The Labute approximate surface area is 192 Å². The molecule has 1 amide bonds. The third-order valence-corrected chi connectivity index (χ3v) is 5.95. The number of phenols is 1. The van der Waals surface area contributed by atoms with Gasteiger partial charge >= 0.3 is 0 Å². The molecule has 32 heavy (non-hydrogen) atoms. The summed E-state index contributed by atoms with van der Waals surface area (Å²) in [6.45, 7) is 7.07. The van der Waals surface area contributed by atoms with E-state index in [9.17, 15) is 19.1 Å². The lowest BCUT2D eigenvalue weighted by atomic mass is 10.2. The zero-order chi connectivity index (χ0) is 23.2. The summed E-state index contributed by atoms with van der Waals surface area (Å²) >= 11 is 11.8. The fourth-order valence-corrected chi connectivity index (χ4v) is 4.26. The molecule has 0 bridgehead atoms. The van der Waals surface area contributed by atoms with Crippen LogP contribution in [0.3, 0.4) is 0 Å². The van der Waals surface area contributed by atoms with Gasteiger partial charge < -0.3 is 14.9 Å². The minimum Gasteiger partial charge on any atom is -0.504 e. The Kier molecular flexibility index (Phi) is 5.79. The molecule has 0 saturated carbocycles. The number of aromatic nitrogens is 3. The summed E-state index contributed by atoms with van der Waals surface area (Å²) in [6, 6.07) is 2.71. The molecule has 1 saturated heterocycles. The van der Waals surface area contributed by atoms with Crippen molar-refractivity contribution < 1.29 is 14.3 Å². The first kappa shape index (κ1) is 22.0. The molecule has 3 aromatic rings. The second-order valence-electron chi connectivity index (χ2n) is 7.25. The van der Waals surface area contributed by atoms with Gasteiger partial charge in [-0.3, -0.25) is 14.2 Å².